The molecule has 0 spiro atoms. The molecule has 686 valence electrons. The molecular formula is C132H80N12O3. The average Bonchev–Trinajstić information content (AvgIpc) is 1.58. The maximum atomic E-state index is 6.46. The predicted molar refractivity (Wildman–Crippen MR) is 601 cm³/mol. The van der Waals surface area contributed by atoms with E-state index in [1.807, 2.05) is 54.6 Å². The zero-order valence-corrected chi connectivity index (χ0v) is 78.8. The minimum Gasteiger partial charge on any atom is -0.438 e. The summed E-state index contributed by atoms with van der Waals surface area (Å²) in [6, 6.07) is 170. The van der Waals surface area contributed by atoms with Crippen LogP contribution in [0.25, 0.3) is 288 Å². The molecule has 32 rings (SSSR count). The Kier molecular flexibility index (Phi) is 18.7. The van der Waals surface area contributed by atoms with Gasteiger partial charge in [0.15, 0.2) is 23.3 Å². The van der Waals surface area contributed by atoms with Crippen LogP contribution in [0.15, 0.2) is 499 Å². The fourth-order valence-corrected chi connectivity index (χ4v) is 22.8. The third-order valence-electron chi connectivity index (χ3n) is 29.2. The maximum absolute atomic E-state index is 6.46. The summed E-state index contributed by atoms with van der Waals surface area (Å²) in [4.78, 5) is 31.4. The summed E-state index contributed by atoms with van der Waals surface area (Å²) >= 11 is 0. The van der Waals surface area contributed by atoms with Gasteiger partial charge in [0, 0.05) is 137 Å². The first-order valence-corrected chi connectivity index (χ1v) is 49.5. The number of furan rings is 3. The fourth-order valence-electron chi connectivity index (χ4n) is 22.8. The fraction of sp³-hybridized carbons (Fsp3) is 0. The van der Waals surface area contributed by atoms with E-state index in [1.54, 1.807) is 0 Å². The molecule has 0 fully saturated rings. The van der Waals surface area contributed by atoms with E-state index in [-0.39, 0.29) is 0 Å². The van der Waals surface area contributed by atoms with Crippen LogP contribution in [-0.2, 0) is 0 Å². The van der Waals surface area contributed by atoms with Gasteiger partial charge in [-0.15, -0.1) is 0 Å². The quantitative estimate of drug-likeness (QED) is 0.123. The van der Waals surface area contributed by atoms with E-state index in [0.29, 0.717) is 34.6 Å². The number of rotatable bonds is 11. The van der Waals surface area contributed by atoms with E-state index < -0.39 is 0 Å². The lowest BCUT2D eigenvalue weighted by molar-refractivity contribution is 0.653. The molecule has 0 aliphatic heterocycles. The van der Waals surface area contributed by atoms with E-state index in [9.17, 15) is 0 Å². The highest BCUT2D eigenvalue weighted by Crippen LogP contribution is 2.48. The van der Waals surface area contributed by atoms with Crippen molar-refractivity contribution >= 4 is 197 Å². The molecule has 20 aromatic carbocycles. The van der Waals surface area contributed by atoms with Crippen LogP contribution < -0.4 is 0 Å². The molecule has 0 saturated heterocycles. The van der Waals surface area contributed by atoms with E-state index in [4.69, 9.17) is 43.2 Å². The molecule has 0 amide bonds. The van der Waals surface area contributed by atoms with Gasteiger partial charge in [0.25, 0.3) is 0 Å². The molecule has 15 nitrogen and oxygen atoms in total. The Morgan fingerprint density at radius 3 is 0.694 bits per heavy atom. The summed E-state index contributed by atoms with van der Waals surface area (Å²) in [7, 11) is 0. The van der Waals surface area contributed by atoms with Gasteiger partial charge in [-0.3, -0.25) is 4.57 Å². The van der Waals surface area contributed by atoms with Crippen LogP contribution in [0.2, 0.25) is 0 Å². The Morgan fingerprint density at radius 1 is 0.143 bits per heavy atom. The molecule has 0 unspecified atom stereocenters. The molecule has 0 N–H and O–H groups in total. The summed E-state index contributed by atoms with van der Waals surface area (Å²) in [5.74, 6) is 2.68. The normalized spacial score (nSPS) is 11.9. The number of benzene rings is 20. The van der Waals surface area contributed by atoms with Gasteiger partial charge in [-0.25, -0.2) is 15.0 Å². The van der Waals surface area contributed by atoms with E-state index in [1.165, 1.54) is 65.0 Å². The van der Waals surface area contributed by atoms with Crippen molar-refractivity contribution in [3.8, 4) is 90.9 Å². The molecule has 15 heteroatoms. The highest BCUT2D eigenvalue weighted by molar-refractivity contribution is 6.20. The molecule has 12 aromatic heterocycles. The van der Waals surface area contributed by atoms with Crippen LogP contribution in [0.4, 0.5) is 0 Å². The SMILES string of the molecule is c1ccc(-n2c3ccccc3c3cc(-c4nc(-c5ccc6c(c5)c5ccccc5n6-c5ccccc5)c5c(n4)oc4ccccc45)ccc32)cc1.c1ccc(-n2c3ccccc3c3cc(-c4nc(-c5cccc(-n6c7ccccc7c7ccccc76)c5)c5c(n4)oc4ccccc45)ccc32)cc1.c1ccc(-n2c3ccccc3c3cc(-c4nc(-n5c6ccccc6c6ccccc65)c5c(n4)oc4ccccc45)ccc32)cc1. The van der Waals surface area contributed by atoms with Crippen molar-refractivity contribution in [2.24, 2.45) is 0 Å². The second-order valence-corrected chi connectivity index (χ2v) is 37.5. The number of nitrogens with zero attached hydrogens (tertiary/aromatic N) is 12. The Balaban J connectivity index is 0.000000102. The topological polar surface area (TPSA) is 146 Å². The van der Waals surface area contributed by atoms with Gasteiger partial charge in [0.05, 0.1) is 93.7 Å². The first kappa shape index (κ1) is 82.7. The maximum Gasteiger partial charge on any atom is 0.233 e. The van der Waals surface area contributed by atoms with Gasteiger partial charge >= 0.3 is 0 Å². The Bertz CT molecular complexity index is 10900. The van der Waals surface area contributed by atoms with Crippen LogP contribution >= 0.6 is 0 Å². The van der Waals surface area contributed by atoms with Crippen molar-refractivity contribution in [1.82, 2.24) is 57.3 Å². The van der Waals surface area contributed by atoms with Crippen molar-refractivity contribution in [3.63, 3.8) is 0 Å². The number of hydrogen-bond acceptors (Lipinski definition) is 9. The van der Waals surface area contributed by atoms with Crippen molar-refractivity contribution < 1.29 is 13.3 Å². The molecule has 0 saturated carbocycles. The lowest BCUT2D eigenvalue weighted by Crippen LogP contribution is -2.02. The highest BCUT2D eigenvalue weighted by atomic mass is 16.3. The molecule has 0 bridgehead atoms. The van der Waals surface area contributed by atoms with E-state index in [2.05, 4.69) is 458 Å². The third-order valence-corrected chi connectivity index (χ3v) is 29.2. The van der Waals surface area contributed by atoms with Crippen molar-refractivity contribution in [2.75, 3.05) is 0 Å². The van der Waals surface area contributed by atoms with Crippen LogP contribution in [0, 0.1) is 0 Å². The standard InChI is InChI=1S/2C46H28N4O.C40H24N4O/c1-3-13-31(14-4-1)49-38-20-10-7-17-33(38)36-27-29(23-25-40(36)49)44-43-35-19-9-12-22-42(35)51-46(43)48-45(47-44)30-24-26-41-37(28-30)34-18-8-11-21-39(34)50(41)32-15-5-2-6-16-32;1-2-14-31(15-3-1)49-40-23-10-6-19-35(40)37-28-30(25-26-41(37)49)45-47-44(43-36-20-7-11-24-42(36)51-46(43)48-45)29-13-12-16-32(27-29)50-38-21-8-4-17-33(38)34-18-5-9-22-39(34)50;1-2-12-26(13-3-1)43-32-18-8-6-16-29(32)31-24-25(22-23-35(31)43)38-41-39(37-30-17-7-11-21-36(30)45-40(37)42-38)44-33-19-9-4-14-27(33)28-15-5-10-20-34(28)44/h2*1-28H;1-24H. The minimum atomic E-state index is 0.574. The van der Waals surface area contributed by atoms with Gasteiger partial charge < -0.3 is 36.1 Å². The third kappa shape index (κ3) is 13.2. The van der Waals surface area contributed by atoms with Crippen molar-refractivity contribution in [1.29, 1.82) is 0 Å². The van der Waals surface area contributed by atoms with Crippen molar-refractivity contribution in [2.45, 2.75) is 0 Å². The molecular weight excluding hydrogens is 1800 g/mol. The second kappa shape index (κ2) is 33.3. The smallest absolute Gasteiger partial charge is 0.233 e. The first-order chi connectivity index (χ1) is 72.9. The molecule has 0 radical (unpaired) electrons. The molecule has 0 aliphatic carbocycles. The largest absolute Gasteiger partial charge is 0.438 e. The van der Waals surface area contributed by atoms with E-state index in [0.717, 1.165) is 188 Å². The Labute approximate surface area is 838 Å². The summed E-state index contributed by atoms with van der Waals surface area (Å²) in [5.41, 5.74) is 29.9. The summed E-state index contributed by atoms with van der Waals surface area (Å²) in [6.45, 7) is 0. The monoisotopic (exact) mass is 1880 g/mol. The number of para-hydroxylation sites is 15. The van der Waals surface area contributed by atoms with Gasteiger partial charge in [-0.05, 0) is 194 Å². The van der Waals surface area contributed by atoms with Gasteiger partial charge in [0.2, 0.25) is 17.1 Å². The van der Waals surface area contributed by atoms with Crippen molar-refractivity contribution in [3.05, 3.63) is 485 Å². The molecule has 0 aliphatic rings. The van der Waals surface area contributed by atoms with Crippen LogP contribution in [0.5, 0.6) is 0 Å². The molecule has 32 aromatic rings. The lowest BCUT2D eigenvalue weighted by atomic mass is 10.0. The van der Waals surface area contributed by atoms with Gasteiger partial charge in [-0.1, -0.05) is 291 Å². The molecule has 0 atom stereocenters. The lowest BCUT2D eigenvalue weighted by Gasteiger charge is -2.11. The predicted octanol–water partition coefficient (Wildman–Crippen LogP) is 34.0. The Morgan fingerprint density at radius 2 is 0.367 bits per heavy atom. The highest BCUT2D eigenvalue weighted by Gasteiger charge is 2.29. The average molecular weight is 1880 g/mol. The second-order valence-electron chi connectivity index (χ2n) is 37.5. The zero-order valence-electron chi connectivity index (χ0n) is 78.8. The zero-order chi connectivity index (χ0) is 96.4. The van der Waals surface area contributed by atoms with Gasteiger partial charge in [-0.2, -0.15) is 15.0 Å². The summed E-state index contributed by atoms with van der Waals surface area (Å²) < 4.78 is 33.3. The van der Waals surface area contributed by atoms with E-state index >= 15 is 0 Å². The Hall–Kier alpha value is -20.2. The first-order valence-electron chi connectivity index (χ1n) is 49.5. The van der Waals surface area contributed by atoms with Gasteiger partial charge in [0.1, 0.15) is 16.7 Å². The number of fused-ring (bicyclic) bond motifs is 27. The summed E-state index contributed by atoms with van der Waals surface area (Å²) in [5, 5.41) is 19.9. The van der Waals surface area contributed by atoms with Crippen LogP contribution in [-0.4, -0.2) is 57.3 Å². The number of aromatic nitrogens is 12. The minimum absolute atomic E-state index is 0.574. The van der Waals surface area contributed by atoms with Crippen LogP contribution in [0.1, 0.15) is 0 Å². The summed E-state index contributed by atoms with van der Waals surface area (Å²) in [6.07, 6.45) is 0. The molecule has 12 heterocycles. The van der Waals surface area contributed by atoms with Crippen LogP contribution in [0.3, 0.4) is 0 Å². The number of hydrogen-bond donors (Lipinski definition) is 0. The molecule has 147 heavy (non-hydrogen) atoms.